The van der Waals surface area contributed by atoms with E-state index in [0.29, 0.717) is 18.8 Å². The fraction of sp³-hybridized carbons (Fsp3) is 0.692. The number of rotatable bonds is 2. The molecule has 0 aliphatic carbocycles. The number of hydrogen-bond acceptors (Lipinski definition) is 4. The smallest absolute Gasteiger partial charge is 0.354 e. The summed E-state index contributed by atoms with van der Waals surface area (Å²) >= 11 is 0. The number of alkyl halides is 3. The number of halogens is 3. The largest absolute Gasteiger partial charge is 0.393 e. The Morgan fingerprint density at radius 1 is 1.30 bits per heavy atom. The van der Waals surface area contributed by atoms with Crippen LogP contribution in [0.3, 0.4) is 0 Å². The Morgan fingerprint density at radius 2 is 2.00 bits per heavy atom. The van der Waals surface area contributed by atoms with Gasteiger partial charge in [0.2, 0.25) is 0 Å². The van der Waals surface area contributed by atoms with Gasteiger partial charge in [-0.25, -0.2) is 0 Å². The number of aryl methyl sites for hydroxylation is 1. The minimum atomic E-state index is -4.16. The molecular formula is C13H19F3N4. The van der Waals surface area contributed by atoms with Crippen molar-refractivity contribution in [1.82, 2.24) is 10.2 Å². The van der Waals surface area contributed by atoms with Crippen LogP contribution < -0.4 is 10.6 Å². The van der Waals surface area contributed by atoms with E-state index in [2.05, 4.69) is 10.2 Å². The van der Waals surface area contributed by atoms with Crippen molar-refractivity contribution in [2.75, 3.05) is 18.0 Å². The third-order valence-corrected chi connectivity index (χ3v) is 3.95. The zero-order chi connectivity index (χ0) is 14.9. The molecule has 1 aliphatic rings. The lowest BCUT2D eigenvalue weighted by atomic mass is 9.97. The Balaban J connectivity index is 2.30. The molecule has 0 aromatic carbocycles. The maximum atomic E-state index is 12.9. The van der Waals surface area contributed by atoms with Crippen molar-refractivity contribution in [2.45, 2.75) is 39.4 Å². The summed E-state index contributed by atoms with van der Waals surface area (Å²) in [4.78, 5) is 1.67. The van der Waals surface area contributed by atoms with Gasteiger partial charge in [-0.05, 0) is 32.3 Å². The van der Waals surface area contributed by atoms with E-state index >= 15 is 0 Å². The Labute approximate surface area is 116 Å². The molecule has 0 saturated carbocycles. The van der Waals surface area contributed by atoms with E-state index in [0.717, 1.165) is 16.8 Å². The highest BCUT2D eigenvalue weighted by Gasteiger charge is 2.42. The second-order valence-electron chi connectivity index (χ2n) is 5.24. The molecule has 2 N–H and O–H groups in total. The topological polar surface area (TPSA) is 55.0 Å². The van der Waals surface area contributed by atoms with Gasteiger partial charge in [0.25, 0.3) is 0 Å². The van der Waals surface area contributed by atoms with Gasteiger partial charge in [-0.15, -0.1) is 5.10 Å². The van der Waals surface area contributed by atoms with Gasteiger partial charge in [0, 0.05) is 25.2 Å². The Bertz CT molecular complexity index is 487. The predicted molar refractivity (Wildman–Crippen MR) is 70.4 cm³/mol. The summed E-state index contributed by atoms with van der Waals surface area (Å²) in [5.41, 5.74) is 8.19. The average Bonchev–Trinajstić information content (AvgIpc) is 2.41. The van der Waals surface area contributed by atoms with Gasteiger partial charge in [0.1, 0.15) is 0 Å². The van der Waals surface area contributed by atoms with Gasteiger partial charge in [-0.1, -0.05) is 0 Å². The lowest BCUT2D eigenvalue weighted by Crippen LogP contribution is -2.42. The molecule has 1 aromatic heterocycles. The van der Waals surface area contributed by atoms with Gasteiger partial charge in [-0.3, -0.25) is 0 Å². The number of anilines is 1. The van der Waals surface area contributed by atoms with Crippen LogP contribution in [-0.2, 0) is 6.54 Å². The van der Waals surface area contributed by atoms with E-state index in [4.69, 9.17) is 5.73 Å². The number of aromatic nitrogens is 2. The van der Waals surface area contributed by atoms with E-state index in [-0.39, 0.29) is 19.5 Å². The molecule has 0 radical (unpaired) electrons. The number of hydrogen-bond donors (Lipinski definition) is 1. The van der Waals surface area contributed by atoms with E-state index in [1.54, 1.807) is 4.90 Å². The summed E-state index contributed by atoms with van der Waals surface area (Å²) in [5, 5.41) is 8.10. The highest BCUT2D eigenvalue weighted by molar-refractivity contribution is 5.51. The molecule has 0 amide bonds. The van der Waals surface area contributed by atoms with E-state index < -0.39 is 12.1 Å². The maximum Gasteiger partial charge on any atom is 0.393 e. The number of nitrogens with zero attached hydrogens (tertiary/aromatic N) is 3. The van der Waals surface area contributed by atoms with Crippen LogP contribution in [0.25, 0.3) is 0 Å². The third-order valence-electron chi connectivity index (χ3n) is 3.95. The zero-order valence-corrected chi connectivity index (χ0v) is 11.7. The predicted octanol–water partition coefficient (Wildman–Crippen LogP) is 2.33. The van der Waals surface area contributed by atoms with Crippen molar-refractivity contribution in [2.24, 2.45) is 11.7 Å². The maximum absolute atomic E-state index is 12.9. The van der Waals surface area contributed by atoms with Crippen LogP contribution in [0, 0.1) is 19.8 Å². The fourth-order valence-electron chi connectivity index (χ4n) is 2.58. The van der Waals surface area contributed by atoms with Crippen molar-refractivity contribution in [1.29, 1.82) is 0 Å². The second-order valence-corrected chi connectivity index (χ2v) is 5.24. The zero-order valence-electron chi connectivity index (χ0n) is 11.7. The molecule has 1 aromatic rings. The van der Waals surface area contributed by atoms with Gasteiger partial charge >= 0.3 is 6.18 Å². The molecule has 0 bridgehead atoms. The molecule has 112 valence electrons. The highest BCUT2D eigenvalue weighted by atomic mass is 19.4. The Hall–Kier alpha value is -1.37. The van der Waals surface area contributed by atoms with E-state index in [9.17, 15) is 13.2 Å². The molecule has 1 saturated heterocycles. The van der Waals surface area contributed by atoms with Crippen molar-refractivity contribution in [3.05, 3.63) is 16.8 Å². The van der Waals surface area contributed by atoms with Crippen molar-refractivity contribution in [3.8, 4) is 0 Å². The first-order valence-corrected chi connectivity index (χ1v) is 6.69. The van der Waals surface area contributed by atoms with E-state index in [1.165, 1.54) is 0 Å². The van der Waals surface area contributed by atoms with Gasteiger partial charge in [0.05, 0.1) is 11.6 Å². The van der Waals surface area contributed by atoms with Gasteiger partial charge in [0.15, 0.2) is 5.82 Å². The molecule has 20 heavy (non-hydrogen) atoms. The summed E-state index contributed by atoms with van der Waals surface area (Å²) in [7, 11) is 0. The molecule has 2 heterocycles. The standard InChI is InChI=1S/C13H19F3N4/c1-8-9(2)18-19-12(11(8)6-17)20-5-3-4-10(7-20)13(14,15)16/h10H,3-7,17H2,1-2H3. The van der Waals surface area contributed by atoms with Crippen LogP contribution in [0.4, 0.5) is 19.0 Å². The average molecular weight is 288 g/mol. The van der Waals surface area contributed by atoms with Crippen LogP contribution in [0.5, 0.6) is 0 Å². The fourth-order valence-corrected chi connectivity index (χ4v) is 2.58. The molecule has 2 rings (SSSR count). The van der Waals surface area contributed by atoms with Crippen LogP contribution in [0.15, 0.2) is 0 Å². The quantitative estimate of drug-likeness (QED) is 0.907. The summed E-state index contributed by atoms with van der Waals surface area (Å²) in [6.07, 6.45) is -3.48. The minimum Gasteiger partial charge on any atom is -0.354 e. The van der Waals surface area contributed by atoms with Crippen molar-refractivity contribution >= 4 is 5.82 Å². The lowest BCUT2D eigenvalue weighted by Gasteiger charge is -2.35. The first kappa shape index (κ1) is 15.0. The lowest BCUT2D eigenvalue weighted by molar-refractivity contribution is -0.176. The molecule has 1 fully saturated rings. The molecule has 0 spiro atoms. The number of nitrogens with two attached hydrogens (primary N) is 1. The molecule has 7 heteroatoms. The van der Waals surface area contributed by atoms with Crippen LogP contribution in [0.2, 0.25) is 0 Å². The molecule has 1 unspecified atom stereocenters. The Morgan fingerprint density at radius 3 is 2.60 bits per heavy atom. The van der Waals surface area contributed by atoms with E-state index in [1.807, 2.05) is 13.8 Å². The minimum absolute atomic E-state index is 0.0618. The SMILES string of the molecule is Cc1nnc(N2CCCC(C(F)(F)F)C2)c(CN)c1C. The van der Waals surface area contributed by atoms with Crippen molar-refractivity contribution < 1.29 is 13.2 Å². The Kier molecular flexibility index (Phi) is 4.17. The summed E-state index contributed by atoms with van der Waals surface area (Å²) in [5.74, 6) is -0.796. The summed E-state index contributed by atoms with van der Waals surface area (Å²) < 4.78 is 38.6. The first-order chi connectivity index (χ1) is 9.34. The molecule has 1 atom stereocenters. The highest BCUT2D eigenvalue weighted by Crippen LogP contribution is 2.35. The monoisotopic (exact) mass is 288 g/mol. The molecule has 1 aliphatic heterocycles. The summed E-state index contributed by atoms with van der Waals surface area (Å²) in [6.45, 7) is 4.45. The van der Waals surface area contributed by atoms with Crippen molar-refractivity contribution in [3.63, 3.8) is 0 Å². The normalized spacial score (nSPS) is 20.3. The number of piperidine rings is 1. The summed E-state index contributed by atoms with van der Waals surface area (Å²) in [6, 6.07) is 0. The second kappa shape index (κ2) is 5.55. The van der Waals surface area contributed by atoms with Crippen LogP contribution in [-0.4, -0.2) is 29.5 Å². The first-order valence-electron chi connectivity index (χ1n) is 6.69. The van der Waals surface area contributed by atoms with Gasteiger partial charge in [-0.2, -0.15) is 18.3 Å². The van der Waals surface area contributed by atoms with Crippen LogP contribution >= 0.6 is 0 Å². The molecule has 4 nitrogen and oxygen atoms in total. The van der Waals surface area contributed by atoms with Crippen LogP contribution in [0.1, 0.15) is 29.7 Å². The van der Waals surface area contributed by atoms with Gasteiger partial charge < -0.3 is 10.6 Å². The third kappa shape index (κ3) is 2.87. The molecular weight excluding hydrogens is 269 g/mol.